The summed E-state index contributed by atoms with van der Waals surface area (Å²) < 4.78 is 6.44. The summed E-state index contributed by atoms with van der Waals surface area (Å²) in [4.78, 5) is 15.3. The second-order valence-electron chi connectivity index (χ2n) is 12.8. The van der Waals surface area contributed by atoms with E-state index in [9.17, 15) is 0 Å². The molecule has 0 aliphatic rings. The number of hydrogen-bond donors (Lipinski definition) is 0. The average molecular weight is 652 g/mol. The van der Waals surface area contributed by atoms with Crippen molar-refractivity contribution in [2.45, 2.75) is 0 Å². The Hall–Kier alpha value is -6.91. The van der Waals surface area contributed by atoms with E-state index in [4.69, 9.17) is 19.4 Å². The number of hydrogen-bond acceptors (Lipinski definition) is 4. The number of aromatic nitrogens is 3. The standard InChI is InChI=1S/C47H29N3O/c1-3-10-30(11-4-1)32-18-22-35(23-19-32)45-48-46(37-16-9-15-36(28-37)31-12-5-2-6-13-31)50-47(49-45)38-25-26-41-40(29-38)44-42(51-41)27-24-34-21-20-33-14-7-8-17-39(33)43(34)44/h1-29H. The van der Waals surface area contributed by atoms with Crippen LogP contribution < -0.4 is 0 Å². The lowest BCUT2D eigenvalue weighted by Crippen LogP contribution is -2.00. The van der Waals surface area contributed by atoms with Crippen LogP contribution in [0.25, 0.3) is 99.9 Å². The van der Waals surface area contributed by atoms with Gasteiger partial charge in [0.05, 0.1) is 0 Å². The molecule has 0 aliphatic carbocycles. The minimum absolute atomic E-state index is 0.605. The van der Waals surface area contributed by atoms with E-state index in [1.807, 2.05) is 24.3 Å². The molecule has 0 radical (unpaired) electrons. The van der Waals surface area contributed by atoms with Gasteiger partial charge in [-0.3, -0.25) is 0 Å². The Morgan fingerprint density at radius 3 is 1.57 bits per heavy atom. The van der Waals surface area contributed by atoms with Gasteiger partial charge in [0, 0.05) is 32.8 Å². The lowest BCUT2D eigenvalue weighted by Gasteiger charge is -2.10. The number of benzene rings is 8. The van der Waals surface area contributed by atoms with Crippen molar-refractivity contribution >= 4 is 43.5 Å². The third kappa shape index (κ3) is 5.13. The Labute approximate surface area is 294 Å². The molecule has 8 aromatic carbocycles. The van der Waals surface area contributed by atoms with E-state index in [1.54, 1.807) is 0 Å². The molecule has 2 aromatic heterocycles. The molecular formula is C47H29N3O. The minimum atomic E-state index is 0.605. The molecule has 0 atom stereocenters. The first-order valence-corrected chi connectivity index (χ1v) is 17.1. The molecule has 0 unspecified atom stereocenters. The van der Waals surface area contributed by atoms with Crippen molar-refractivity contribution in [3.8, 4) is 56.4 Å². The molecule has 0 bridgehead atoms. The Morgan fingerprint density at radius 2 is 0.804 bits per heavy atom. The van der Waals surface area contributed by atoms with Crippen LogP contribution in [-0.2, 0) is 0 Å². The molecule has 10 aromatic rings. The van der Waals surface area contributed by atoms with Crippen molar-refractivity contribution in [1.82, 2.24) is 15.0 Å². The van der Waals surface area contributed by atoms with Crippen molar-refractivity contribution in [3.63, 3.8) is 0 Å². The fourth-order valence-electron chi connectivity index (χ4n) is 7.18. The molecule has 4 nitrogen and oxygen atoms in total. The average Bonchev–Trinajstić information content (AvgIpc) is 3.59. The van der Waals surface area contributed by atoms with Gasteiger partial charge >= 0.3 is 0 Å². The van der Waals surface area contributed by atoms with Crippen LogP contribution >= 0.6 is 0 Å². The highest BCUT2D eigenvalue weighted by Crippen LogP contribution is 2.40. The predicted octanol–water partition coefficient (Wildman–Crippen LogP) is 12.4. The second kappa shape index (κ2) is 11.9. The van der Waals surface area contributed by atoms with E-state index in [1.165, 1.54) is 27.1 Å². The molecule has 0 fully saturated rings. The highest BCUT2D eigenvalue weighted by molar-refractivity contribution is 6.26. The Balaban J connectivity index is 1.17. The highest BCUT2D eigenvalue weighted by atomic mass is 16.3. The Morgan fingerprint density at radius 1 is 0.294 bits per heavy atom. The summed E-state index contributed by atoms with van der Waals surface area (Å²) in [6.45, 7) is 0. The molecule has 238 valence electrons. The first kappa shape index (κ1) is 29.0. The minimum Gasteiger partial charge on any atom is -0.456 e. The van der Waals surface area contributed by atoms with Gasteiger partial charge in [0.1, 0.15) is 11.2 Å². The zero-order valence-corrected chi connectivity index (χ0v) is 27.5. The number of nitrogens with zero attached hydrogens (tertiary/aromatic N) is 3. The zero-order chi connectivity index (χ0) is 33.7. The number of furan rings is 1. The summed E-state index contributed by atoms with van der Waals surface area (Å²) in [7, 11) is 0. The van der Waals surface area contributed by atoms with Gasteiger partial charge in [0.2, 0.25) is 0 Å². The SMILES string of the molecule is c1ccc(-c2ccc(-c3nc(-c4cccc(-c5ccccc5)c4)nc(-c4ccc5oc6ccc7ccc8ccccc8c7c6c5c4)n3)cc2)cc1. The van der Waals surface area contributed by atoms with E-state index in [2.05, 4.69) is 152 Å². The maximum absolute atomic E-state index is 6.44. The Bertz CT molecular complexity index is 2900. The molecular weight excluding hydrogens is 623 g/mol. The third-order valence-electron chi connectivity index (χ3n) is 9.71. The zero-order valence-electron chi connectivity index (χ0n) is 27.5. The molecule has 0 amide bonds. The van der Waals surface area contributed by atoms with Crippen LogP contribution in [0.3, 0.4) is 0 Å². The van der Waals surface area contributed by atoms with Crippen LogP contribution in [-0.4, -0.2) is 15.0 Å². The van der Waals surface area contributed by atoms with Gasteiger partial charge in [-0.05, 0) is 68.7 Å². The normalized spacial score (nSPS) is 11.5. The van der Waals surface area contributed by atoms with Crippen molar-refractivity contribution in [2.75, 3.05) is 0 Å². The topological polar surface area (TPSA) is 51.8 Å². The summed E-state index contributed by atoms with van der Waals surface area (Å²) in [6.07, 6.45) is 0. The highest BCUT2D eigenvalue weighted by Gasteiger charge is 2.17. The molecule has 0 spiro atoms. The van der Waals surface area contributed by atoms with Crippen LogP contribution in [0, 0.1) is 0 Å². The van der Waals surface area contributed by atoms with Crippen LogP contribution in [0.5, 0.6) is 0 Å². The fraction of sp³-hybridized carbons (Fsp3) is 0. The van der Waals surface area contributed by atoms with E-state index in [0.717, 1.165) is 55.3 Å². The van der Waals surface area contributed by atoms with E-state index in [-0.39, 0.29) is 0 Å². The summed E-state index contributed by atoms with van der Waals surface area (Å²) in [6, 6.07) is 61.0. The summed E-state index contributed by atoms with van der Waals surface area (Å²) in [5, 5.41) is 6.90. The molecule has 10 rings (SSSR count). The molecule has 0 saturated heterocycles. The second-order valence-corrected chi connectivity index (χ2v) is 12.8. The van der Waals surface area contributed by atoms with Gasteiger partial charge in [0.15, 0.2) is 17.5 Å². The lowest BCUT2D eigenvalue weighted by molar-refractivity contribution is 0.669. The molecule has 51 heavy (non-hydrogen) atoms. The quantitative estimate of drug-likeness (QED) is 0.174. The molecule has 2 heterocycles. The van der Waals surface area contributed by atoms with Crippen molar-refractivity contribution < 1.29 is 4.42 Å². The van der Waals surface area contributed by atoms with Gasteiger partial charge in [-0.25, -0.2) is 15.0 Å². The van der Waals surface area contributed by atoms with Crippen LogP contribution in [0.1, 0.15) is 0 Å². The summed E-state index contributed by atoms with van der Waals surface area (Å²) in [5.41, 5.74) is 8.99. The largest absolute Gasteiger partial charge is 0.456 e. The smallest absolute Gasteiger partial charge is 0.164 e. The van der Waals surface area contributed by atoms with Gasteiger partial charge in [0.25, 0.3) is 0 Å². The predicted molar refractivity (Wildman–Crippen MR) is 209 cm³/mol. The van der Waals surface area contributed by atoms with Crippen molar-refractivity contribution in [2.24, 2.45) is 0 Å². The van der Waals surface area contributed by atoms with E-state index in [0.29, 0.717) is 17.5 Å². The Kier molecular flexibility index (Phi) is 6.78. The van der Waals surface area contributed by atoms with Gasteiger partial charge in [-0.2, -0.15) is 0 Å². The van der Waals surface area contributed by atoms with Crippen LogP contribution in [0.2, 0.25) is 0 Å². The molecule has 4 heteroatoms. The van der Waals surface area contributed by atoms with E-state index < -0.39 is 0 Å². The molecule has 0 aliphatic heterocycles. The lowest BCUT2D eigenvalue weighted by atomic mass is 9.97. The monoisotopic (exact) mass is 651 g/mol. The summed E-state index contributed by atoms with van der Waals surface area (Å²) in [5.74, 6) is 1.84. The van der Waals surface area contributed by atoms with Gasteiger partial charge < -0.3 is 4.42 Å². The maximum Gasteiger partial charge on any atom is 0.164 e. The maximum atomic E-state index is 6.44. The molecule has 0 saturated carbocycles. The van der Waals surface area contributed by atoms with Gasteiger partial charge in [-0.1, -0.05) is 146 Å². The van der Waals surface area contributed by atoms with Crippen molar-refractivity contribution in [1.29, 1.82) is 0 Å². The summed E-state index contributed by atoms with van der Waals surface area (Å²) >= 11 is 0. The first-order chi connectivity index (χ1) is 25.2. The number of fused-ring (bicyclic) bond motifs is 7. The third-order valence-corrected chi connectivity index (χ3v) is 9.71. The van der Waals surface area contributed by atoms with E-state index >= 15 is 0 Å². The molecule has 0 N–H and O–H groups in total. The van der Waals surface area contributed by atoms with Crippen LogP contribution in [0.15, 0.2) is 180 Å². The fourth-order valence-corrected chi connectivity index (χ4v) is 7.18. The van der Waals surface area contributed by atoms with Gasteiger partial charge in [-0.15, -0.1) is 0 Å². The van der Waals surface area contributed by atoms with Crippen molar-refractivity contribution in [3.05, 3.63) is 176 Å². The van der Waals surface area contributed by atoms with Crippen LogP contribution in [0.4, 0.5) is 0 Å². The number of rotatable bonds is 5. The first-order valence-electron chi connectivity index (χ1n) is 17.1.